The minimum atomic E-state index is -0.511. The van der Waals surface area contributed by atoms with Crippen LogP contribution < -0.4 is 20.2 Å². The Labute approximate surface area is 193 Å². The quantitative estimate of drug-likeness (QED) is 0.189. The molecule has 3 aromatic rings. The molecule has 2 amide bonds. The third-order valence-electron chi connectivity index (χ3n) is 4.84. The van der Waals surface area contributed by atoms with Crippen molar-refractivity contribution < 1.29 is 19.1 Å². The summed E-state index contributed by atoms with van der Waals surface area (Å²) < 4.78 is 11.3. The summed E-state index contributed by atoms with van der Waals surface area (Å²) in [4.78, 5) is 24.4. The van der Waals surface area contributed by atoms with Crippen LogP contribution in [0.5, 0.6) is 11.5 Å². The van der Waals surface area contributed by atoms with E-state index in [4.69, 9.17) is 9.47 Å². The normalized spacial score (nSPS) is 10.8. The monoisotopic (exact) mass is 447 g/mol. The van der Waals surface area contributed by atoms with E-state index < -0.39 is 11.8 Å². The Morgan fingerprint density at radius 1 is 0.939 bits per heavy atom. The van der Waals surface area contributed by atoms with Gasteiger partial charge in [-0.3, -0.25) is 9.59 Å². The molecule has 7 heteroatoms. The topological polar surface area (TPSA) is 89.0 Å². The van der Waals surface area contributed by atoms with E-state index in [9.17, 15) is 9.59 Å². The number of nitrogens with one attached hydrogen (secondary N) is 2. The molecule has 0 saturated heterocycles. The first-order valence-electron chi connectivity index (χ1n) is 11.1. The lowest BCUT2D eigenvalue weighted by Gasteiger charge is -2.11. The molecule has 0 unspecified atom stereocenters. The van der Waals surface area contributed by atoms with Crippen LogP contribution in [0.1, 0.15) is 38.7 Å². The Hall–Kier alpha value is -3.87. The number of unbranched alkanes of at least 4 members (excludes halogenated alkanes) is 1. The number of hydrazone groups is 1. The van der Waals surface area contributed by atoms with Crippen molar-refractivity contribution in [2.45, 2.75) is 33.1 Å². The number of ether oxygens (including phenoxy) is 2. The average molecular weight is 448 g/mol. The van der Waals surface area contributed by atoms with Gasteiger partial charge in [-0.25, -0.2) is 5.43 Å². The Kier molecular flexibility index (Phi) is 8.82. The van der Waals surface area contributed by atoms with Gasteiger partial charge in [-0.1, -0.05) is 43.7 Å². The number of anilines is 1. The fraction of sp³-hybridized carbons (Fsp3) is 0.269. The molecule has 0 heterocycles. The number of benzene rings is 3. The smallest absolute Gasteiger partial charge is 0.249 e. The Balaban J connectivity index is 1.61. The summed E-state index contributed by atoms with van der Waals surface area (Å²) in [5.41, 5.74) is 3.80. The Morgan fingerprint density at radius 2 is 1.73 bits per heavy atom. The molecule has 2 N–H and O–H groups in total. The van der Waals surface area contributed by atoms with Gasteiger partial charge in [0.1, 0.15) is 17.9 Å². The van der Waals surface area contributed by atoms with Gasteiger partial charge in [-0.05, 0) is 54.4 Å². The number of nitrogens with zero attached hydrogens (tertiary/aromatic N) is 1. The summed E-state index contributed by atoms with van der Waals surface area (Å²) in [7, 11) is 0. The standard InChI is InChI=1S/C26H29N3O4/c1-3-5-16-33-24-15-10-19-8-6-7-9-22(19)23(24)18-27-29-26(31)17-25(30)28-20-11-13-21(14-12-20)32-4-2/h6-15,18H,3-5,16-17H2,1-2H3,(H,28,30)(H,29,31). The summed E-state index contributed by atoms with van der Waals surface area (Å²) in [6.07, 6.45) is 3.20. The Morgan fingerprint density at radius 3 is 2.48 bits per heavy atom. The lowest BCUT2D eigenvalue weighted by molar-refractivity contribution is -0.126. The van der Waals surface area contributed by atoms with Gasteiger partial charge in [0.15, 0.2) is 0 Å². The van der Waals surface area contributed by atoms with Crippen LogP contribution in [-0.4, -0.2) is 31.2 Å². The second-order valence-electron chi connectivity index (χ2n) is 7.38. The van der Waals surface area contributed by atoms with Gasteiger partial charge in [0, 0.05) is 11.3 Å². The van der Waals surface area contributed by atoms with Crippen molar-refractivity contribution >= 4 is 34.5 Å². The van der Waals surface area contributed by atoms with Crippen LogP contribution in [0.25, 0.3) is 10.8 Å². The van der Waals surface area contributed by atoms with E-state index in [0.717, 1.165) is 29.2 Å². The highest BCUT2D eigenvalue weighted by Gasteiger charge is 2.10. The summed E-state index contributed by atoms with van der Waals surface area (Å²) in [5, 5.41) is 8.77. The highest BCUT2D eigenvalue weighted by atomic mass is 16.5. The SMILES string of the molecule is CCCCOc1ccc2ccccc2c1C=NNC(=O)CC(=O)Nc1ccc(OCC)cc1. The molecular formula is C26H29N3O4. The largest absolute Gasteiger partial charge is 0.494 e. The molecule has 172 valence electrons. The van der Waals surface area contributed by atoms with Crippen molar-refractivity contribution in [3.05, 3.63) is 66.2 Å². The molecule has 0 spiro atoms. The third-order valence-corrected chi connectivity index (χ3v) is 4.84. The maximum absolute atomic E-state index is 12.2. The molecule has 0 radical (unpaired) electrons. The van der Waals surface area contributed by atoms with Crippen LogP contribution in [0.15, 0.2) is 65.8 Å². The van der Waals surface area contributed by atoms with Crippen LogP contribution in [0.2, 0.25) is 0 Å². The molecule has 0 saturated carbocycles. The molecule has 0 aliphatic carbocycles. The number of carbonyl (C=O) groups excluding carboxylic acids is 2. The maximum Gasteiger partial charge on any atom is 0.249 e. The van der Waals surface area contributed by atoms with Crippen molar-refractivity contribution in [3.63, 3.8) is 0 Å². The van der Waals surface area contributed by atoms with Crippen LogP contribution in [0.4, 0.5) is 5.69 Å². The van der Waals surface area contributed by atoms with Gasteiger partial charge >= 0.3 is 0 Å². The third kappa shape index (κ3) is 7.07. The number of rotatable bonds is 11. The Bertz CT molecular complexity index is 1110. The fourth-order valence-electron chi connectivity index (χ4n) is 3.22. The zero-order chi connectivity index (χ0) is 23.5. The highest BCUT2D eigenvalue weighted by Crippen LogP contribution is 2.27. The van der Waals surface area contributed by atoms with E-state index in [2.05, 4.69) is 22.8 Å². The molecule has 0 atom stereocenters. The van der Waals surface area contributed by atoms with E-state index in [1.807, 2.05) is 43.3 Å². The molecule has 7 nitrogen and oxygen atoms in total. The molecular weight excluding hydrogens is 418 g/mol. The lowest BCUT2D eigenvalue weighted by atomic mass is 10.0. The van der Waals surface area contributed by atoms with Gasteiger partial charge in [-0.15, -0.1) is 0 Å². The predicted molar refractivity (Wildman–Crippen MR) is 131 cm³/mol. The van der Waals surface area contributed by atoms with Crippen LogP contribution in [-0.2, 0) is 9.59 Å². The van der Waals surface area contributed by atoms with E-state index in [0.29, 0.717) is 30.4 Å². The molecule has 33 heavy (non-hydrogen) atoms. The molecule has 0 fully saturated rings. The fourth-order valence-corrected chi connectivity index (χ4v) is 3.22. The van der Waals surface area contributed by atoms with Crippen molar-refractivity contribution in [2.24, 2.45) is 5.10 Å². The molecule has 0 aliphatic rings. The first-order valence-corrected chi connectivity index (χ1v) is 11.1. The van der Waals surface area contributed by atoms with E-state index in [1.165, 1.54) is 0 Å². The summed E-state index contributed by atoms with van der Waals surface area (Å²) in [6.45, 7) is 5.18. The zero-order valence-corrected chi connectivity index (χ0v) is 19.0. The number of hydrogen-bond acceptors (Lipinski definition) is 5. The van der Waals surface area contributed by atoms with E-state index >= 15 is 0 Å². The van der Waals surface area contributed by atoms with Crippen molar-refractivity contribution in [1.82, 2.24) is 5.43 Å². The number of carbonyl (C=O) groups is 2. The van der Waals surface area contributed by atoms with Gasteiger partial charge in [0.05, 0.1) is 19.4 Å². The van der Waals surface area contributed by atoms with Crippen LogP contribution in [0.3, 0.4) is 0 Å². The second kappa shape index (κ2) is 12.2. The minimum Gasteiger partial charge on any atom is -0.494 e. The molecule has 0 bridgehead atoms. The van der Waals surface area contributed by atoms with Gasteiger partial charge in [0.25, 0.3) is 0 Å². The van der Waals surface area contributed by atoms with Gasteiger partial charge in [0.2, 0.25) is 11.8 Å². The first kappa shape index (κ1) is 23.8. The van der Waals surface area contributed by atoms with Crippen molar-refractivity contribution in [2.75, 3.05) is 18.5 Å². The lowest BCUT2D eigenvalue weighted by Crippen LogP contribution is -2.24. The predicted octanol–water partition coefficient (Wildman–Crippen LogP) is 4.90. The van der Waals surface area contributed by atoms with E-state index in [1.54, 1.807) is 30.5 Å². The number of fused-ring (bicyclic) bond motifs is 1. The summed E-state index contributed by atoms with van der Waals surface area (Å²) >= 11 is 0. The first-order chi connectivity index (χ1) is 16.1. The molecule has 0 aromatic heterocycles. The van der Waals surface area contributed by atoms with Crippen molar-refractivity contribution in [1.29, 1.82) is 0 Å². The maximum atomic E-state index is 12.2. The average Bonchev–Trinajstić information content (AvgIpc) is 2.81. The summed E-state index contributed by atoms with van der Waals surface area (Å²) in [6, 6.07) is 18.8. The van der Waals surface area contributed by atoms with Gasteiger partial charge < -0.3 is 14.8 Å². The van der Waals surface area contributed by atoms with Crippen LogP contribution >= 0.6 is 0 Å². The highest BCUT2D eigenvalue weighted by molar-refractivity contribution is 6.05. The zero-order valence-electron chi connectivity index (χ0n) is 19.0. The minimum absolute atomic E-state index is 0.347. The molecule has 3 rings (SSSR count). The molecule has 0 aliphatic heterocycles. The number of hydrogen-bond donors (Lipinski definition) is 2. The van der Waals surface area contributed by atoms with Crippen molar-refractivity contribution in [3.8, 4) is 11.5 Å². The van der Waals surface area contributed by atoms with Crippen LogP contribution in [0, 0.1) is 0 Å². The van der Waals surface area contributed by atoms with Gasteiger partial charge in [-0.2, -0.15) is 5.10 Å². The molecule has 3 aromatic carbocycles. The second-order valence-corrected chi connectivity index (χ2v) is 7.38. The summed E-state index contributed by atoms with van der Waals surface area (Å²) in [5.74, 6) is 0.478. The van der Waals surface area contributed by atoms with E-state index in [-0.39, 0.29) is 6.42 Å². The number of amides is 2.